The Morgan fingerprint density at radius 1 is 0.853 bits per heavy atom. The molecule has 172 valence electrons. The molecule has 1 amide bonds. The second kappa shape index (κ2) is 11.2. The number of nitrogens with one attached hydrogen (secondary N) is 1. The van der Waals surface area contributed by atoms with Gasteiger partial charge in [-0.2, -0.15) is 0 Å². The topological polar surface area (TPSA) is 82.6 Å². The standard InChI is InChI=1S/C26H22ClN3O4/c1-32-24-15-20(6-9-22(24)33-16-18-4-7-21(27)8-5-18)26(31)30-25-23(3-2-12-29-25)34-17-19-10-13-28-14-11-19/h2-15H,16-17H2,1H3,(H,29,30,31). The predicted octanol–water partition coefficient (Wildman–Crippen LogP) is 5.55. The lowest BCUT2D eigenvalue weighted by molar-refractivity contribution is 0.102. The first-order chi connectivity index (χ1) is 16.6. The lowest BCUT2D eigenvalue weighted by atomic mass is 10.2. The van der Waals surface area contributed by atoms with E-state index in [4.69, 9.17) is 25.8 Å². The maximum absolute atomic E-state index is 12.9. The van der Waals surface area contributed by atoms with Crippen LogP contribution in [0, 0.1) is 0 Å². The molecule has 0 saturated carbocycles. The van der Waals surface area contributed by atoms with Crippen LogP contribution in [0.5, 0.6) is 17.2 Å². The van der Waals surface area contributed by atoms with Gasteiger partial charge in [0.25, 0.3) is 5.91 Å². The van der Waals surface area contributed by atoms with Gasteiger partial charge in [0.15, 0.2) is 23.1 Å². The third-order valence-electron chi connectivity index (χ3n) is 4.88. The van der Waals surface area contributed by atoms with Crippen LogP contribution < -0.4 is 19.5 Å². The summed E-state index contributed by atoms with van der Waals surface area (Å²) < 4.78 is 17.1. The minimum atomic E-state index is -0.352. The van der Waals surface area contributed by atoms with Crippen LogP contribution in [0.3, 0.4) is 0 Å². The fraction of sp³-hybridized carbons (Fsp3) is 0.115. The number of rotatable bonds is 9. The summed E-state index contributed by atoms with van der Waals surface area (Å²) in [5, 5.41) is 3.46. The molecule has 4 aromatic rings. The Bertz CT molecular complexity index is 1250. The lowest BCUT2D eigenvalue weighted by Gasteiger charge is -2.14. The summed E-state index contributed by atoms with van der Waals surface area (Å²) in [7, 11) is 1.52. The quantitative estimate of drug-likeness (QED) is 0.342. The van der Waals surface area contributed by atoms with Gasteiger partial charge in [-0.1, -0.05) is 23.7 Å². The van der Waals surface area contributed by atoms with Crippen LogP contribution in [0.25, 0.3) is 0 Å². The number of aromatic nitrogens is 2. The zero-order chi connectivity index (χ0) is 23.8. The van der Waals surface area contributed by atoms with Crippen molar-refractivity contribution in [2.24, 2.45) is 0 Å². The fourth-order valence-electron chi connectivity index (χ4n) is 3.09. The van der Waals surface area contributed by atoms with E-state index >= 15 is 0 Å². The van der Waals surface area contributed by atoms with Crippen LogP contribution >= 0.6 is 11.6 Å². The van der Waals surface area contributed by atoms with E-state index in [0.717, 1.165) is 11.1 Å². The molecular formula is C26H22ClN3O4. The van der Waals surface area contributed by atoms with Crippen LogP contribution in [-0.4, -0.2) is 23.0 Å². The molecule has 2 heterocycles. The summed E-state index contributed by atoms with van der Waals surface area (Å²) in [5.41, 5.74) is 2.30. The maximum Gasteiger partial charge on any atom is 0.257 e. The number of nitrogens with zero attached hydrogens (tertiary/aromatic N) is 2. The smallest absolute Gasteiger partial charge is 0.257 e. The van der Waals surface area contributed by atoms with E-state index in [0.29, 0.717) is 46.9 Å². The van der Waals surface area contributed by atoms with Gasteiger partial charge in [0, 0.05) is 29.2 Å². The van der Waals surface area contributed by atoms with Crippen molar-refractivity contribution in [1.82, 2.24) is 9.97 Å². The monoisotopic (exact) mass is 475 g/mol. The first kappa shape index (κ1) is 23.1. The predicted molar refractivity (Wildman–Crippen MR) is 130 cm³/mol. The third kappa shape index (κ3) is 6.02. The van der Waals surface area contributed by atoms with Crippen molar-refractivity contribution in [2.45, 2.75) is 13.2 Å². The molecule has 1 N–H and O–H groups in total. The van der Waals surface area contributed by atoms with Crippen molar-refractivity contribution in [1.29, 1.82) is 0 Å². The van der Waals surface area contributed by atoms with E-state index in [2.05, 4.69) is 15.3 Å². The number of amides is 1. The highest BCUT2D eigenvalue weighted by atomic mass is 35.5. The Labute approximate surface area is 202 Å². The molecule has 0 bridgehead atoms. The van der Waals surface area contributed by atoms with Crippen LogP contribution in [0.15, 0.2) is 85.3 Å². The van der Waals surface area contributed by atoms with Crippen molar-refractivity contribution >= 4 is 23.3 Å². The molecule has 2 aromatic heterocycles. The minimum absolute atomic E-state index is 0.323. The number of halogens is 1. The van der Waals surface area contributed by atoms with Crippen molar-refractivity contribution in [3.8, 4) is 17.2 Å². The Kier molecular flexibility index (Phi) is 7.57. The highest BCUT2D eigenvalue weighted by Gasteiger charge is 2.15. The molecule has 0 aliphatic carbocycles. The van der Waals surface area contributed by atoms with E-state index in [1.54, 1.807) is 61.1 Å². The molecule has 7 nitrogen and oxygen atoms in total. The molecule has 0 unspecified atom stereocenters. The SMILES string of the molecule is COc1cc(C(=O)Nc2ncccc2OCc2ccncc2)ccc1OCc1ccc(Cl)cc1. The molecular weight excluding hydrogens is 454 g/mol. The number of hydrogen-bond acceptors (Lipinski definition) is 6. The van der Waals surface area contributed by atoms with E-state index in [1.807, 2.05) is 24.3 Å². The van der Waals surface area contributed by atoms with Crippen LogP contribution in [0.4, 0.5) is 5.82 Å². The molecule has 34 heavy (non-hydrogen) atoms. The van der Waals surface area contributed by atoms with Crippen molar-refractivity contribution in [3.05, 3.63) is 107 Å². The van der Waals surface area contributed by atoms with Gasteiger partial charge in [0.2, 0.25) is 0 Å². The van der Waals surface area contributed by atoms with Gasteiger partial charge in [-0.05, 0) is 65.7 Å². The summed E-state index contributed by atoms with van der Waals surface area (Å²) in [6, 6.07) is 19.6. The molecule has 2 aromatic carbocycles. The number of ether oxygens (including phenoxy) is 3. The Balaban J connectivity index is 1.43. The number of anilines is 1. The molecule has 0 radical (unpaired) electrons. The molecule has 0 spiro atoms. The first-order valence-electron chi connectivity index (χ1n) is 10.5. The normalized spacial score (nSPS) is 10.4. The second-order valence-corrected chi connectivity index (χ2v) is 7.67. The van der Waals surface area contributed by atoms with Gasteiger partial charge in [-0.25, -0.2) is 4.98 Å². The molecule has 0 saturated heterocycles. The number of carbonyl (C=O) groups is 1. The van der Waals surface area contributed by atoms with Gasteiger partial charge in [-0.15, -0.1) is 0 Å². The molecule has 8 heteroatoms. The summed E-state index contributed by atoms with van der Waals surface area (Å²) in [6.07, 6.45) is 4.98. The van der Waals surface area contributed by atoms with Gasteiger partial charge >= 0.3 is 0 Å². The van der Waals surface area contributed by atoms with Gasteiger partial charge in [0.1, 0.15) is 13.2 Å². The highest BCUT2D eigenvalue weighted by Crippen LogP contribution is 2.30. The Morgan fingerprint density at radius 2 is 1.56 bits per heavy atom. The maximum atomic E-state index is 12.9. The largest absolute Gasteiger partial charge is 0.493 e. The number of carbonyl (C=O) groups excluding carboxylic acids is 1. The zero-order valence-corrected chi connectivity index (χ0v) is 19.2. The van der Waals surface area contributed by atoms with Crippen molar-refractivity contribution in [3.63, 3.8) is 0 Å². The molecule has 0 aliphatic rings. The van der Waals surface area contributed by atoms with E-state index in [9.17, 15) is 4.79 Å². The van der Waals surface area contributed by atoms with Crippen molar-refractivity contribution < 1.29 is 19.0 Å². The first-order valence-corrected chi connectivity index (χ1v) is 10.8. The molecule has 0 atom stereocenters. The van der Waals surface area contributed by atoms with Crippen LogP contribution in [0.1, 0.15) is 21.5 Å². The van der Waals surface area contributed by atoms with Crippen molar-refractivity contribution in [2.75, 3.05) is 12.4 Å². The van der Waals surface area contributed by atoms with Gasteiger partial charge in [-0.3, -0.25) is 9.78 Å². The van der Waals surface area contributed by atoms with E-state index in [-0.39, 0.29) is 5.91 Å². The van der Waals surface area contributed by atoms with Gasteiger partial charge < -0.3 is 19.5 Å². The van der Waals surface area contributed by atoms with E-state index < -0.39 is 0 Å². The molecule has 4 rings (SSSR count). The minimum Gasteiger partial charge on any atom is -0.493 e. The number of pyridine rings is 2. The number of methoxy groups -OCH3 is 1. The average molecular weight is 476 g/mol. The second-order valence-electron chi connectivity index (χ2n) is 7.23. The number of hydrogen-bond donors (Lipinski definition) is 1. The summed E-state index contributed by atoms with van der Waals surface area (Å²) >= 11 is 5.92. The molecule has 0 fully saturated rings. The highest BCUT2D eigenvalue weighted by molar-refractivity contribution is 6.30. The van der Waals surface area contributed by atoms with E-state index in [1.165, 1.54) is 7.11 Å². The summed E-state index contributed by atoms with van der Waals surface area (Å²) in [6.45, 7) is 0.662. The van der Waals surface area contributed by atoms with Gasteiger partial charge in [0.05, 0.1) is 7.11 Å². The Morgan fingerprint density at radius 3 is 2.29 bits per heavy atom. The fourth-order valence-corrected chi connectivity index (χ4v) is 3.22. The summed E-state index contributed by atoms with van der Waals surface area (Å²) in [4.78, 5) is 21.2. The summed E-state index contributed by atoms with van der Waals surface area (Å²) in [5.74, 6) is 1.39. The Hall–Kier alpha value is -4.10. The van der Waals surface area contributed by atoms with Crippen LogP contribution in [0.2, 0.25) is 5.02 Å². The lowest BCUT2D eigenvalue weighted by Crippen LogP contribution is -2.14. The number of benzene rings is 2. The average Bonchev–Trinajstić information content (AvgIpc) is 2.88. The third-order valence-corrected chi connectivity index (χ3v) is 5.13. The molecule has 0 aliphatic heterocycles. The van der Waals surface area contributed by atoms with Crippen LogP contribution in [-0.2, 0) is 13.2 Å². The zero-order valence-electron chi connectivity index (χ0n) is 18.4.